The lowest BCUT2D eigenvalue weighted by Gasteiger charge is -1.93. The van der Waals surface area contributed by atoms with E-state index >= 15 is 0 Å². The molecule has 1 heterocycles. The summed E-state index contributed by atoms with van der Waals surface area (Å²) < 4.78 is 0.887. The third kappa shape index (κ3) is 2.27. The Hall–Kier alpha value is -0.960. The Morgan fingerprint density at radius 2 is 2.36 bits per heavy atom. The molecule has 0 saturated heterocycles. The molecule has 0 fully saturated rings. The zero-order valence-corrected chi connectivity index (χ0v) is 7.28. The summed E-state index contributed by atoms with van der Waals surface area (Å²) in [5.74, 6) is 0. The number of rotatable bonds is 2. The molecule has 0 radical (unpaired) electrons. The Balaban J connectivity index is 2.94. The summed E-state index contributed by atoms with van der Waals surface area (Å²) in [6, 6.07) is 1.82. The summed E-state index contributed by atoms with van der Waals surface area (Å²) in [4.78, 5) is 13.9. The van der Waals surface area contributed by atoms with Gasteiger partial charge in [0.05, 0.1) is 0 Å². The first kappa shape index (κ1) is 8.14. The molecule has 0 aromatic carbocycles. The van der Waals surface area contributed by atoms with Crippen molar-refractivity contribution in [2.45, 2.75) is 0 Å². The van der Waals surface area contributed by atoms with E-state index in [1.165, 1.54) is 6.08 Å². The highest BCUT2D eigenvalue weighted by Crippen LogP contribution is 2.15. The van der Waals surface area contributed by atoms with Crippen LogP contribution in [0.15, 0.2) is 29.0 Å². The normalized spacial score (nSPS) is 10.3. The van der Waals surface area contributed by atoms with Crippen molar-refractivity contribution in [2.24, 2.45) is 0 Å². The van der Waals surface area contributed by atoms with Crippen LogP contribution in [0.4, 0.5) is 0 Å². The predicted octanol–water partition coefficient (Wildman–Crippen LogP) is 2.06. The number of pyridine rings is 1. The van der Waals surface area contributed by atoms with Gasteiger partial charge in [0.1, 0.15) is 6.29 Å². The van der Waals surface area contributed by atoms with Gasteiger partial charge < -0.3 is 0 Å². The number of halogens is 1. The third-order valence-electron chi connectivity index (χ3n) is 1.16. The Kier molecular flexibility index (Phi) is 2.98. The number of hydrogen-bond acceptors (Lipinski definition) is 2. The smallest absolute Gasteiger partial charge is 0.142 e. The highest BCUT2D eigenvalue weighted by atomic mass is 79.9. The summed E-state index contributed by atoms with van der Waals surface area (Å²) in [6.45, 7) is 0. The van der Waals surface area contributed by atoms with Crippen LogP contribution in [-0.4, -0.2) is 11.3 Å². The molecule has 0 N–H and O–H groups in total. The molecule has 11 heavy (non-hydrogen) atoms. The molecule has 56 valence electrons. The van der Waals surface area contributed by atoms with Crippen LogP contribution < -0.4 is 0 Å². The topological polar surface area (TPSA) is 30.0 Å². The van der Waals surface area contributed by atoms with E-state index in [1.54, 1.807) is 18.5 Å². The van der Waals surface area contributed by atoms with E-state index in [1.807, 2.05) is 6.07 Å². The molecule has 0 atom stereocenters. The molecule has 0 bridgehead atoms. The molecule has 2 nitrogen and oxygen atoms in total. The lowest BCUT2D eigenvalue weighted by atomic mass is 10.2. The Labute approximate surface area is 73.1 Å². The average Bonchev–Trinajstić information content (AvgIpc) is 2.03. The average molecular weight is 212 g/mol. The summed E-state index contributed by atoms with van der Waals surface area (Å²) in [6.07, 6.45) is 7.27. The number of hydrogen-bond donors (Lipinski definition) is 0. The molecule has 0 aliphatic carbocycles. The Morgan fingerprint density at radius 1 is 1.55 bits per heavy atom. The van der Waals surface area contributed by atoms with Crippen LogP contribution in [-0.2, 0) is 4.79 Å². The molecule has 1 aromatic rings. The molecule has 0 amide bonds. The third-order valence-corrected chi connectivity index (χ3v) is 1.82. The van der Waals surface area contributed by atoms with Crippen LogP contribution >= 0.6 is 15.9 Å². The van der Waals surface area contributed by atoms with E-state index in [-0.39, 0.29) is 0 Å². The summed E-state index contributed by atoms with van der Waals surface area (Å²) in [7, 11) is 0. The van der Waals surface area contributed by atoms with Crippen molar-refractivity contribution < 1.29 is 4.79 Å². The minimum absolute atomic E-state index is 0.743. The standard InChI is InChI=1S/C8H6BrNO/c9-8-6-10-4-3-7(8)2-1-5-11/h1-6H. The van der Waals surface area contributed by atoms with Crippen LogP contribution in [0, 0.1) is 0 Å². The van der Waals surface area contributed by atoms with Crippen molar-refractivity contribution in [3.8, 4) is 0 Å². The van der Waals surface area contributed by atoms with Crippen LogP contribution in [0.5, 0.6) is 0 Å². The molecule has 1 rings (SSSR count). The molecular formula is C8H6BrNO. The van der Waals surface area contributed by atoms with Gasteiger partial charge in [-0.3, -0.25) is 9.78 Å². The second-order valence-corrected chi connectivity index (χ2v) is 2.75. The van der Waals surface area contributed by atoms with Gasteiger partial charge in [-0.05, 0) is 33.6 Å². The van der Waals surface area contributed by atoms with Gasteiger partial charge >= 0.3 is 0 Å². The summed E-state index contributed by atoms with van der Waals surface area (Å²) in [5, 5.41) is 0. The molecule has 1 aromatic heterocycles. The van der Waals surface area contributed by atoms with E-state index in [9.17, 15) is 4.79 Å². The van der Waals surface area contributed by atoms with Gasteiger partial charge in [-0.25, -0.2) is 0 Å². The van der Waals surface area contributed by atoms with Gasteiger partial charge in [-0.2, -0.15) is 0 Å². The van der Waals surface area contributed by atoms with Crippen molar-refractivity contribution in [1.29, 1.82) is 0 Å². The molecule has 0 unspecified atom stereocenters. The number of aldehydes is 1. The summed E-state index contributed by atoms with van der Waals surface area (Å²) >= 11 is 3.30. The molecule has 0 saturated carbocycles. The van der Waals surface area contributed by atoms with Crippen molar-refractivity contribution in [3.05, 3.63) is 34.6 Å². The van der Waals surface area contributed by atoms with Gasteiger partial charge in [0.25, 0.3) is 0 Å². The molecule has 3 heteroatoms. The SMILES string of the molecule is O=CC=Cc1ccncc1Br. The predicted molar refractivity (Wildman–Crippen MR) is 47.0 cm³/mol. The highest BCUT2D eigenvalue weighted by Gasteiger charge is 1.91. The number of carbonyl (C=O) groups is 1. The number of allylic oxidation sites excluding steroid dienone is 1. The summed E-state index contributed by atoms with van der Waals surface area (Å²) in [5.41, 5.74) is 0.951. The fourth-order valence-electron chi connectivity index (χ4n) is 0.664. The van der Waals surface area contributed by atoms with Crippen LogP contribution in [0.2, 0.25) is 0 Å². The van der Waals surface area contributed by atoms with Crippen molar-refractivity contribution in [3.63, 3.8) is 0 Å². The van der Waals surface area contributed by atoms with Gasteiger partial charge in [0.15, 0.2) is 0 Å². The van der Waals surface area contributed by atoms with Gasteiger partial charge in [0, 0.05) is 16.9 Å². The van der Waals surface area contributed by atoms with Gasteiger partial charge in [-0.15, -0.1) is 0 Å². The van der Waals surface area contributed by atoms with Crippen LogP contribution in [0.3, 0.4) is 0 Å². The zero-order valence-electron chi connectivity index (χ0n) is 5.70. The number of nitrogens with zero attached hydrogens (tertiary/aromatic N) is 1. The maximum Gasteiger partial charge on any atom is 0.142 e. The lowest BCUT2D eigenvalue weighted by molar-refractivity contribution is -0.104. The highest BCUT2D eigenvalue weighted by molar-refractivity contribution is 9.10. The maximum atomic E-state index is 9.97. The first-order chi connectivity index (χ1) is 5.34. The van der Waals surface area contributed by atoms with E-state index in [2.05, 4.69) is 20.9 Å². The van der Waals surface area contributed by atoms with Gasteiger partial charge in [0.2, 0.25) is 0 Å². The molecule has 0 aliphatic rings. The second-order valence-electron chi connectivity index (χ2n) is 1.89. The Bertz CT molecular complexity index is 283. The molecular weight excluding hydrogens is 206 g/mol. The van der Waals surface area contributed by atoms with Crippen LogP contribution in [0.25, 0.3) is 6.08 Å². The van der Waals surface area contributed by atoms with E-state index in [4.69, 9.17) is 0 Å². The first-order valence-electron chi connectivity index (χ1n) is 3.06. The maximum absolute atomic E-state index is 9.97. The number of carbonyl (C=O) groups excluding carboxylic acids is 1. The monoisotopic (exact) mass is 211 g/mol. The fraction of sp³-hybridized carbons (Fsp3) is 0. The van der Waals surface area contributed by atoms with Crippen molar-refractivity contribution in [2.75, 3.05) is 0 Å². The quantitative estimate of drug-likeness (QED) is 0.554. The largest absolute Gasteiger partial charge is 0.299 e. The fourth-order valence-corrected chi connectivity index (χ4v) is 1.05. The lowest BCUT2D eigenvalue weighted by Crippen LogP contribution is -1.76. The zero-order chi connectivity index (χ0) is 8.10. The van der Waals surface area contributed by atoms with E-state index in [0.717, 1.165) is 16.3 Å². The molecule has 0 aliphatic heterocycles. The minimum Gasteiger partial charge on any atom is -0.299 e. The van der Waals surface area contributed by atoms with Gasteiger partial charge in [-0.1, -0.05) is 6.08 Å². The number of aromatic nitrogens is 1. The van der Waals surface area contributed by atoms with Crippen molar-refractivity contribution >= 4 is 28.3 Å². The van der Waals surface area contributed by atoms with Crippen molar-refractivity contribution in [1.82, 2.24) is 4.98 Å². The second kappa shape index (κ2) is 4.03. The molecule has 0 spiro atoms. The Morgan fingerprint density at radius 3 is 3.00 bits per heavy atom. The minimum atomic E-state index is 0.743. The van der Waals surface area contributed by atoms with Crippen LogP contribution in [0.1, 0.15) is 5.56 Å². The van der Waals surface area contributed by atoms with E-state index in [0.29, 0.717) is 0 Å². The first-order valence-corrected chi connectivity index (χ1v) is 3.85. The van der Waals surface area contributed by atoms with E-state index < -0.39 is 0 Å².